The Morgan fingerprint density at radius 1 is 1.42 bits per heavy atom. The predicted molar refractivity (Wildman–Crippen MR) is 56.8 cm³/mol. The third kappa shape index (κ3) is 6.95. The maximum Gasteiger partial charge on any atom is 0.0448 e. The minimum absolute atomic E-state index is 0.0904. The summed E-state index contributed by atoms with van der Waals surface area (Å²) in [7, 11) is 0. The highest BCUT2D eigenvalue weighted by Gasteiger charge is 2.14. The lowest BCUT2D eigenvalue weighted by Gasteiger charge is -2.25. The summed E-state index contributed by atoms with van der Waals surface area (Å²) in [6.45, 7) is 5.57. The van der Waals surface area contributed by atoms with E-state index < -0.39 is 0 Å². The molecule has 0 unspecified atom stereocenters. The summed E-state index contributed by atoms with van der Waals surface area (Å²) in [5.74, 6) is 1.21. The van der Waals surface area contributed by atoms with Crippen molar-refractivity contribution in [1.82, 2.24) is 5.32 Å². The van der Waals surface area contributed by atoms with E-state index >= 15 is 0 Å². The van der Waals surface area contributed by atoms with E-state index in [4.69, 9.17) is 5.11 Å². The van der Waals surface area contributed by atoms with Crippen LogP contribution in [0.1, 0.15) is 26.7 Å². The molecular weight excluding hydrogens is 170 g/mol. The minimum atomic E-state index is 0.0904. The molecule has 0 spiro atoms. The number of aliphatic hydroxyl groups excluding tert-OH is 1. The highest BCUT2D eigenvalue weighted by molar-refractivity contribution is 7.98. The van der Waals surface area contributed by atoms with Crippen LogP contribution in [0, 0.1) is 0 Å². The molecule has 0 saturated heterocycles. The molecule has 0 bridgehead atoms. The number of hydrogen-bond acceptors (Lipinski definition) is 3. The van der Waals surface area contributed by atoms with E-state index in [9.17, 15) is 0 Å². The number of hydrogen-bond donors (Lipinski definition) is 2. The Balaban J connectivity index is 3.33. The zero-order valence-electron chi connectivity index (χ0n) is 8.39. The summed E-state index contributed by atoms with van der Waals surface area (Å²) >= 11 is 1.88. The fourth-order valence-corrected chi connectivity index (χ4v) is 1.44. The molecule has 2 N–H and O–H groups in total. The van der Waals surface area contributed by atoms with Crippen LogP contribution in [0.25, 0.3) is 0 Å². The van der Waals surface area contributed by atoms with Crippen molar-refractivity contribution in [2.75, 3.05) is 25.2 Å². The van der Waals surface area contributed by atoms with Crippen molar-refractivity contribution in [2.24, 2.45) is 0 Å². The summed E-state index contributed by atoms with van der Waals surface area (Å²) in [5.41, 5.74) is 0.0904. The summed E-state index contributed by atoms with van der Waals surface area (Å²) < 4.78 is 0. The van der Waals surface area contributed by atoms with Crippen LogP contribution in [0.5, 0.6) is 0 Å². The molecule has 0 aromatic heterocycles. The zero-order valence-corrected chi connectivity index (χ0v) is 9.21. The number of nitrogens with one attached hydrogen (secondary N) is 1. The zero-order chi connectivity index (χ0) is 9.45. The van der Waals surface area contributed by atoms with Gasteiger partial charge in [0, 0.05) is 12.1 Å². The first kappa shape index (κ1) is 12.3. The SMILES string of the molecule is CSCCCNC(C)(C)CCO. The van der Waals surface area contributed by atoms with Crippen LogP contribution in [0.15, 0.2) is 0 Å². The van der Waals surface area contributed by atoms with Crippen LogP contribution in [-0.2, 0) is 0 Å². The lowest BCUT2D eigenvalue weighted by atomic mass is 10.0. The molecule has 0 atom stereocenters. The fourth-order valence-electron chi connectivity index (χ4n) is 1.01. The molecule has 0 amide bonds. The molecule has 0 aliphatic carbocycles. The van der Waals surface area contributed by atoms with Gasteiger partial charge < -0.3 is 10.4 Å². The number of thioether (sulfide) groups is 1. The van der Waals surface area contributed by atoms with Crippen molar-refractivity contribution >= 4 is 11.8 Å². The first-order chi connectivity index (χ1) is 5.62. The van der Waals surface area contributed by atoms with Crippen LogP contribution in [0.3, 0.4) is 0 Å². The molecule has 12 heavy (non-hydrogen) atoms. The lowest BCUT2D eigenvalue weighted by Crippen LogP contribution is -2.40. The molecule has 0 aromatic carbocycles. The van der Waals surface area contributed by atoms with Gasteiger partial charge in [-0.3, -0.25) is 0 Å². The van der Waals surface area contributed by atoms with Gasteiger partial charge in [0.2, 0.25) is 0 Å². The van der Waals surface area contributed by atoms with Gasteiger partial charge in [-0.1, -0.05) is 0 Å². The van der Waals surface area contributed by atoms with Gasteiger partial charge in [-0.2, -0.15) is 11.8 Å². The molecule has 0 aliphatic rings. The van der Waals surface area contributed by atoms with Gasteiger partial charge in [0.25, 0.3) is 0 Å². The van der Waals surface area contributed by atoms with Crippen LogP contribution in [0.4, 0.5) is 0 Å². The van der Waals surface area contributed by atoms with E-state index in [2.05, 4.69) is 25.4 Å². The second-order valence-electron chi connectivity index (χ2n) is 3.63. The van der Waals surface area contributed by atoms with E-state index in [0.717, 1.165) is 13.0 Å². The van der Waals surface area contributed by atoms with Crippen molar-refractivity contribution in [1.29, 1.82) is 0 Å². The predicted octanol–water partition coefficient (Wildman–Crippen LogP) is 1.49. The average molecular weight is 191 g/mol. The molecule has 0 saturated carbocycles. The first-order valence-corrected chi connectivity index (χ1v) is 5.86. The Hall–Kier alpha value is 0.270. The smallest absolute Gasteiger partial charge is 0.0448 e. The highest BCUT2D eigenvalue weighted by atomic mass is 32.2. The van der Waals surface area contributed by atoms with Crippen LogP contribution in [0.2, 0.25) is 0 Å². The van der Waals surface area contributed by atoms with E-state index in [1.807, 2.05) is 11.8 Å². The molecule has 2 nitrogen and oxygen atoms in total. The van der Waals surface area contributed by atoms with Gasteiger partial charge in [-0.25, -0.2) is 0 Å². The lowest BCUT2D eigenvalue weighted by molar-refractivity contribution is 0.231. The largest absolute Gasteiger partial charge is 0.396 e. The van der Waals surface area contributed by atoms with E-state index in [1.165, 1.54) is 12.2 Å². The van der Waals surface area contributed by atoms with Gasteiger partial charge in [-0.15, -0.1) is 0 Å². The van der Waals surface area contributed by atoms with Gasteiger partial charge in [-0.05, 0) is 45.2 Å². The highest BCUT2D eigenvalue weighted by Crippen LogP contribution is 2.07. The minimum Gasteiger partial charge on any atom is -0.396 e. The van der Waals surface area contributed by atoms with Crippen LogP contribution < -0.4 is 5.32 Å². The molecule has 0 aromatic rings. The normalized spacial score (nSPS) is 12.0. The van der Waals surface area contributed by atoms with Crippen molar-refractivity contribution in [3.05, 3.63) is 0 Å². The topological polar surface area (TPSA) is 32.3 Å². The summed E-state index contributed by atoms with van der Waals surface area (Å²) in [6.07, 6.45) is 4.15. The van der Waals surface area contributed by atoms with E-state index in [0.29, 0.717) is 0 Å². The van der Waals surface area contributed by atoms with Crippen LogP contribution in [-0.4, -0.2) is 35.8 Å². The second-order valence-corrected chi connectivity index (χ2v) is 4.62. The second kappa shape index (κ2) is 6.75. The molecule has 0 rings (SSSR count). The number of rotatable bonds is 7. The molecule has 0 aliphatic heterocycles. The third-order valence-corrected chi connectivity index (χ3v) is 2.56. The summed E-state index contributed by atoms with van der Waals surface area (Å²) in [5, 5.41) is 12.2. The molecule has 0 heterocycles. The fraction of sp³-hybridized carbons (Fsp3) is 1.00. The standard InChI is InChI=1S/C9H21NOS/c1-9(2,5-7-11)10-6-4-8-12-3/h10-11H,4-8H2,1-3H3. The maximum atomic E-state index is 8.76. The van der Waals surface area contributed by atoms with Crippen LogP contribution >= 0.6 is 11.8 Å². The molecular formula is C9H21NOS. The van der Waals surface area contributed by atoms with Crippen molar-refractivity contribution in [2.45, 2.75) is 32.2 Å². The molecule has 0 fully saturated rings. The summed E-state index contributed by atoms with van der Waals surface area (Å²) in [4.78, 5) is 0. The Bertz CT molecular complexity index is 107. The van der Waals surface area contributed by atoms with Crippen molar-refractivity contribution < 1.29 is 5.11 Å². The summed E-state index contributed by atoms with van der Waals surface area (Å²) in [6, 6.07) is 0. The van der Waals surface area contributed by atoms with E-state index in [-0.39, 0.29) is 12.1 Å². The van der Waals surface area contributed by atoms with Gasteiger partial charge in [0.05, 0.1) is 0 Å². The average Bonchev–Trinajstić information content (AvgIpc) is 1.98. The Morgan fingerprint density at radius 2 is 2.08 bits per heavy atom. The van der Waals surface area contributed by atoms with Crippen molar-refractivity contribution in [3.8, 4) is 0 Å². The Kier molecular flexibility index (Phi) is 6.90. The van der Waals surface area contributed by atoms with E-state index in [1.54, 1.807) is 0 Å². The molecule has 3 heteroatoms. The Morgan fingerprint density at radius 3 is 2.58 bits per heavy atom. The molecule has 74 valence electrons. The number of aliphatic hydroxyl groups is 1. The molecule has 0 radical (unpaired) electrons. The Labute approximate surface area is 80.1 Å². The van der Waals surface area contributed by atoms with Crippen molar-refractivity contribution in [3.63, 3.8) is 0 Å². The van der Waals surface area contributed by atoms with Gasteiger partial charge in [0.15, 0.2) is 0 Å². The maximum absolute atomic E-state index is 8.76. The van der Waals surface area contributed by atoms with Gasteiger partial charge >= 0.3 is 0 Å². The third-order valence-electron chi connectivity index (χ3n) is 1.87. The van der Waals surface area contributed by atoms with Gasteiger partial charge in [0.1, 0.15) is 0 Å². The first-order valence-electron chi connectivity index (χ1n) is 4.47. The quantitative estimate of drug-likeness (QED) is 0.598. The monoisotopic (exact) mass is 191 g/mol.